The summed E-state index contributed by atoms with van der Waals surface area (Å²) in [7, 11) is 0. The average molecular weight is 332 g/mol. The van der Waals surface area contributed by atoms with Crippen LogP contribution in [-0.4, -0.2) is 17.1 Å². The van der Waals surface area contributed by atoms with Gasteiger partial charge in [-0.25, -0.2) is 0 Å². The van der Waals surface area contributed by atoms with Gasteiger partial charge in [-0.3, -0.25) is 4.79 Å². The third-order valence-electron chi connectivity index (χ3n) is 4.11. The number of aliphatic hydroxyl groups excluding tert-OH is 1. The summed E-state index contributed by atoms with van der Waals surface area (Å²) in [6.45, 7) is 5.51. The van der Waals surface area contributed by atoms with E-state index < -0.39 is 17.6 Å². The molecule has 0 spiro atoms. The summed E-state index contributed by atoms with van der Waals surface area (Å²) < 4.78 is 0. The van der Waals surface area contributed by atoms with Crippen LogP contribution in [0.15, 0.2) is 54.6 Å². The van der Waals surface area contributed by atoms with Crippen molar-refractivity contribution in [3.8, 4) is 0 Å². The van der Waals surface area contributed by atoms with E-state index in [-0.39, 0.29) is 5.91 Å². The zero-order valence-electron chi connectivity index (χ0n) is 13.6. The van der Waals surface area contributed by atoms with E-state index in [1.807, 2.05) is 56.3 Å². The first-order valence-electron chi connectivity index (χ1n) is 7.62. The second kappa shape index (κ2) is 7.16. The monoisotopic (exact) mass is 331 g/mol. The number of nitrogens with one attached hydrogen (secondary N) is 1. The van der Waals surface area contributed by atoms with Gasteiger partial charge in [0, 0.05) is 5.02 Å². The van der Waals surface area contributed by atoms with E-state index in [0.717, 1.165) is 11.1 Å². The highest BCUT2D eigenvalue weighted by Gasteiger charge is 2.31. The smallest absolute Gasteiger partial charge is 0.230 e. The molecule has 2 aromatic carbocycles. The van der Waals surface area contributed by atoms with Gasteiger partial charge in [0.15, 0.2) is 0 Å². The molecule has 2 atom stereocenters. The van der Waals surface area contributed by atoms with E-state index >= 15 is 0 Å². The fourth-order valence-corrected chi connectivity index (χ4v) is 2.53. The summed E-state index contributed by atoms with van der Waals surface area (Å²) in [5.41, 5.74) is 0.945. The molecule has 0 aliphatic rings. The quantitative estimate of drug-likeness (QED) is 0.874. The second-order valence-electron chi connectivity index (χ2n) is 6.25. The number of hydrogen-bond donors (Lipinski definition) is 2. The zero-order valence-corrected chi connectivity index (χ0v) is 14.3. The van der Waals surface area contributed by atoms with Gasteiger partial charge in [0.2, 0.25) is 5.91 Å². The van der Waals surface area contributed by atoms with Gasteiger partial charge in [0.1, 0.15) is 0 Å². The number of amides is 1. The maximum absolute atomic E-state index is 12.6. The number of rotatable bonds is 5. The summed E-state index contributed by atoms with van der Waals surface area (Å²) in [6.07, 6.45) is -0.749. The Labute approximate surface area is 142 Å². The molecule has 0 fully saturated rings. The molecule has 0 aliphatic heterocycles. The van der Waals surface area contributed by atoms with E-state index in [4.69, 9.17) is 11.6 Å². The third kappa shape index (κ3) is 4.12. The molecular weight excluding hydrogens is 310 g/mol. The largest absolute Gasteiger partial charge is 0.386 e. The number of aliphatic hydroxyl groups is 1. The number of hydrogen-bond acceptors (Lipinski definition) is 2. The van der Waals surface area contributed by atoms with Crippen LogP contribution < -0.4 is 5.32 Å². The van der Waals surface area contributed by atoms with Gasteiger partial charge in [0.05, 0.1) is 17.6 Å². The molecule has 23 heavy (non-hydrogen) atoms. The molecule has 0 radical (unpaired) electrons. The molecule has 0 saturated carbocycles. The van der Waals surface area contributed by atoms with Crippen LogP contribution in [0.4, 0.5) is 0 Å². The first-order chi connectivity index (χ1) is 10.8. The Morgan fingerprint density at radius 3 is 2.22 bits per heavy atom. The number of carbonyl (C=O) groups is 1. The Bertz CT molecular complexity index is 653. The van der Waals surface area contributed by atoms with Crippen molar-refractivity contribution in [3.05, 3.63) is 70.7 Å². The number of benzene rings is 2. The van der Waals surface area contributed by atoms with Crippen molar-refractivity contribution in [2.45, 2.75) is 38.3 Å². The summed E-state index contributed by atoms with van der Waals surface area (Å²) in [4.78, 5) is 12.6. The topological polar surface area (TPSA) is 49.3 Å². The van der Waals surface area contributed by atoms with Crippen LogP contribution in [0.25, 0.3) is 0 Å². The van der Waals surface area contributed by atoms with Crippen molar-refractivity contribution in [2.75, 3.05) is 0 Å². The van der Waals surface area contributed by atoms with Gasteiger partial charge in [-0.1, -0.05) is 54.1 Å². The molecule has 1 amide bonds. The molecule has 0 unspecified atom stereocenters. The highest BCUT2D eigenvalue weighted by atomic mass is 35.5. The van der Waals surface area contributed by atoms with Crippen molar-refractivity contribution in [1.82, 2.24) is 5.32 Å². The Morgan fingerprint density at radius 1 is 1.09 bits per heavy atom. The predicted octanol–water partition coefficient (Wildman–Crippen LogP) is 3.86. The summed E-state index contributed by atoms with van der Waals surface area (Å²) in [5, 5.41) is 13.9. The minimum atomic E-state index is -0.749. The second-order valence-corrected chi connectivity index (χ2v) is 6.69. The highest BCUT2D eigenvalue weighted by Crippen LogP contribution is 2.26. The van der Waals surface area contributed by atoms with Gasteiger partial charge in [-0.15, -0.1) is 0 Å². The fraction of sp³-hybridized carbons (Fsp3) is 0.316. The van der Waals surface area contributed by atoms with Crippen molar-refractivity contribution in [1.29, 1.82) is 0 Å². The molecular formula is C19H22ClNO2. The van der Waals surface area contributed by atoms with Crippen molar-refractivity contribution < 1.29 is 9.90 Å². The normalized spacial score (nSPS) is 14.1. The van der Waals surface area contributed by atoms with E-state index in [2.05, 4.69) is 5.32 Å². The van der Waals surface area contributed by atoms with Crippen LogP contribution in [-0.2, 0) is 10.2 Å². The minimum Gasteiger partial charge on any atom is -0.386 e. The molecule has 2 N–H and O–H groups in total. The lowest BCUT2D eigenvalue weighted by Crippen LogP contribution is -2.46. The molecule has 0 saturated heterocycles. The minimum absolute atomic E-state index is 0.137. The highest BCUT2D eigenvalue weighted by molar-refractivity contribution is 6.30. The SMILES string of the molecule is C[C@H](NC(=O)C(C)(C)c1ccc(Cl)cc1)[C@H](O)c1ccccc1. The molecule has 0 aliphatic carbocycles. The zero-order chi connectivity index (χ0) is 17.0. The first kappa shape index (κ1) is 17.5. The van der Waals surface area contributed by atoms with Gasteiger partial charge < -0.3 is 10.4 Å². The summed E-state index contributed by atoms with van der Waals surface area (Å²) in [5.74, 6) is -0.137. The molecule has 0 aromatic heterocycles. The summed E-state index contributed by atoms with van der Waals surface area (Å²) >= 11 is 5.90. The van der Waals surface area contributed by atoms with E-state index in [1.54, 1.807) is 19.1 Å². The Hall–Kier alpha value is -1.84. The standard InChI is InChI=1S/C19H22ClNO2/c1-13(17(22)14-7-5-4-6-8-14)21-18(23)19(2,3)15-9-11-16(20)12-10-15/h4-13,17,22H,1-3H3,(H,21,23)/t13-,17-/m0/s1. The lowest BCUT2D eigenvalue weighted by Gasteiger charge is -2.28. The molecule has 4 heteroatoms. The molecule has 3 nitrogen and oxygen atoms in total. The molecule has 0 bridgehead atoms. The lowest BCUT2D eigenvalue weighted by atomic mass is 9.83. The van der Waals surface area contributed by atoms with E-state index in [9.17, 15) is 9.90 Å². The van der Waals surface area contributed by atoms with Crippen LogP contribution >= 0.6 is 11.6 Å². The maximum atomic E-state index is 12.6. The molecule has 0 heterocycles. The van der Waals surface area contributed by atoms with Crippen molar-refractivity contribution >= 4 is 17.5 Å². The first-order valence-corrected chi connectivity index (χ1v) is 8.00. The Morgan fingerprint density at radius 2 is 1.65 bits per heavy atom. The van der Waals surface area contributed by atoms with Gasteiger partial charge in [-0.05, 0) is 44.0 Å². The predicted molar refractivity (Wildman–Crippen MR) is 93.5 cm³/mol. The van der Waals surface area contributed by atoms with Crippen LogP contribution in [0.2, 0.25) is 5.02 Å². The van der Waals surface area contributed by atoms with Crippen molar-refractivity contribution in [2.24, 2.45) is 0 Å². The van der Waals surface area contributed by atoms with Gasteiger partial charge in [0.25, 0.3) is 0 Å². The van der Waals surface area contributed by atoms with Crippen LogP contribution in [0.5, 0.6) is 0 Å². The lowest BCUT2D eigenvalue weighted by molar-refractivity contribution is -0.127. The third-order valence-corrected chi connectivity index (χ3v) is 4.36. The Balaban J connectivity index is 2.09. The Kier molecular flexibility index (Phi) is 5.45. The number of carbonyl (C=O) groups excluding carboxylic acids is 1. The summed E-state index contributed by atoms with van der Waals surface area (Å²) in [6, 6.07) is 16.2. The van der Waals surface area contributed by atoms with E-state index in [0.29, 0.717) is 5.02 Å². The molecule has 2 rings (SSSR count). The van der Waals surface area contributed by atoms with E-state index in [1.165, 1.54) is 0 Å². The van der Waals surface area contributed by atoms with Gasteiger partial charge in [-0.2, -0.15) is 0 Å². The van der Waals surface area contributed by atoms with Gasteiger partial charge >= 0.3 is 0 Å². The average Bonchev–Trinajstić information content (AvgIpc) is 2.55. The van der Waals surface area contributed by atoms with Crippen LogP contribution in [0.1, 0.15) is 38.0 Å². The maximum Gasteiger partial charge on any atom is 0.230 e. The van der Waals surface area contributed by atoms with Crippen LogP contribution in [0.3, 0.4) is 0 Å². The molecule has 2 aromatic rings. The van der Waals surface area contributed by atoms with Crippen LogP contribution in [0, 0.1) is 0 Å². The number of halogens is 1. The van der Waals surface area contributed by atoms with Crippen molar-refractivity contribution in [3.63, 3.8) is 0 Å². The molecule has 122 valence electrons. The fourth-order valence-electron chi connectivity index (χ4n) is 2.40.